The van der Waals surface area contributed by atoms with Crippen LogP contribution in [0.3, 0.4) is 0 Å². The van der Waals surface area contributed by atoms with E-state index >= 15 is 0 Å². The predicted molar refractivity (Wildman–Crippen MR) is 70.6 cm³/mol. The van der Waals surface area contributed by atoms with Gasteiger partial charge in [0.2, 0.25) is 0 Å². The lowest BCUT2D eigenvalue weighted by Crippen LogP contribution is -2.27. The van der Waals surface area contributed by atoms with Crippen LogP contribution in [0.5, 0.6) is 0 Å². The van der Waals surface area contributed by atoms with Gasteiger partial charge in [-0.25, -0.2) is 4.79 Å². The predicted octanol–water partition coefficient (Wildman–Crippen LogP) is 2.92. The molecular weight excluding hydrogens is 240 g/mol. The minimum Gasteiger partial charge on any atom is -0.465 e. The number of methoxy groups -OCH3 is 1. The minimum atomic E-state index is -0.467. The van der Waals surface area contributed by atoms with E-state index in [0.717, 1.165) is 0 Å². The number of nitrogens with two attached hydrogens (primary N) is 1. The largest absolute Gasteiger partial charge is 0.465 e. The highest BCUT2D eigenvalue weighted by Gasteiger charge is 2.20. The number of hydrogen-bond acceptors (Lipinski definition) is 4. The second-order valence-electron chi connectivity index (χ2n) is 4.79. The summed E-state index contributed by atoms with van der Waals surface area (Å²) in [6.07, 6.45) is 0. The highest BCUT2D eigenvalue weighted by atomic mass is 35.5. The van der Waals surface area contributed by atoms with E-state index in [-0.39, 0.29) is 5.54 Å². The fourth-order valence-corrected chi connectivity index (χ4v) is 1.68. The van der Waals surface area contributed by atoms with Crippen molar-refractivity contribution in [3.63, 3.8) is 0 Å². The Balaban J connectivity index is 3.30. The first-order valence-corrected chi connectivity index (χ1v) is 5.58. The number of anilines is 2. The molecule has 1 aromatic rings. The highest BCUT2D eigenvalue weighted by molar-refractivity contribution is 6.34. The van der Waals surface area contributed by atoms with E-state index in [1.807, 2.05) is 20.8 Å². The van der Waals surface area contributed by atoms with Crippen LogP contribution < -0.4 is 11.1 Å². The highest BCUT2D eigenvalue weighted by Crippen LogP contribution is 2.31. The molecule has 1 aromatic carbocycles. The van der Waals surface area contributed by atoms with E-state index in [4.69, 9.17) is 22.1 Å². The molecule has 0 unspecified atom stereocenters. The Morgan fingerprint density at radius 2 is 2.00 bits per heavy atom. The lowest BCUT2D eigenvalue weighted by molar-refractivity contribution is 0.0602. The summed E-state index contributed by atoms with van der Waals surface area (Å²) in [6, 6.07) is 3.15. The average molecular weight is 257 g/mol. The zero-order chi connectivity index (χ0) is 13.2. The lowest BCUT2D eigenvalue weighted by Gasteiger charge is -2.24. The zero-order valence-electron chi connectivity index (χ0n) is 10.4. The number of hydrogen-bond donors (Lipinski definition) is 2. The second-order valence-corrected chi connectivity index (χ2v) is 5.20. The van der Waals surface area contributed by atoms with E-state index < -0.39 is 5.97 Å². The molecule has 17 heavy (non-hydrogen) atoms. The molecule has 0 aliphatic carbocycles. The molecule has 0 bridgehead atoms. The molecule has 94 valence electrons. The van der Waals surface area contributed by atoms with Gasteiger partial charge in [-0.3, -0.25) is 0 Å². The normalized spacial score (nSPS) is 11.1. The first-order chi connectivity index (χ1) is 7.74. The molecular formula is C12H17ClN2O2. The maximum atomic E-state index is 11.6. The van der Waals surface area contributed by atoms with Crippen LogP contribution in [-0.2, 0) is 4.74 Å². The van der Waals surface area contributed by atoms with Gasteiger partial charge in [-0.1, -0.05) is 11.6 Å². The Morgan fingerprint density at radius 3 is 2.47 bits per heavy atom. The van der Waals surface area contributed by atoms with Crippen molar-refractivity contribution in [1.29, 1.82) is 0 Å². The third kappa shape index (κ3) is 3.53. The third-order valence-electron chi connectivity index (χ3n) is 2.02. The van der Waals surface area contributed by atoms with Crippen LogP contribution in [0.2, 0.25) is 5.02 Å². The number of carbonyl (C=O) groups is 1. The molecule has 1 rings (SSSR count). The van der Waals surface area contributed by atoms with E-state index in [0.29, 0.717) is 22.0 Å². The summed E-state index contributed by atoms with van der Waals surface area (Å²) in [4.78, 5) is 11.6. The Bertz CT molecular complexity index is 439. The topological polar surface area (TPSA) is 64.3 Å². The van der Waals surface area contributed by atoms with Gasteiger partial charge in [0, 0.05) is 11.2 Å². The van der Waals surface area contributed by atoms with Crippen molar-refractivity contribution in [3.8, 4) is 0 Å². The smallest absolute Gasteiger partial charge is 0.340 e. The molecule has 3 N–H and O–H groups in total. The van der Waals surface area contributed by atoms with E-state index in [9.17, 15) is 4.79 Å². The van der Waals surface area contributed by atoms with E-state index in [2.05, 4.69) is 5.32 Å². The number of ether oxygens (including phenoxy) is 1. The van der Waals surface area contributed by atoms with Gasteiger partial charge in [-0.05, 0) is 32.9 Å². The molecule has 0 saturated heterocycles. The number of esters is 1. The Kier molecular flexibility index (Phi) is 3.88. The van der Waals surface area contributed by atoms with Crippen LogP contribution in [0.1, 0.15) is 31.1 Å². The van der Waals surface area contributed by atoms with Crippen LogP contribution in [0.15, 0.2) is 12.1 Å². The van der Waals surface area contributed by atoms with Gasteiger partial charge in [-0.15, -0.1) is 0 Å². The minimum absolute atomic E-state index is 0.220. The number of halogens is 1. The van der Waals surface area contributed by atoms with Gasteiger partial charge in [0.15, 0.2) is 0 Å². The standard InChI is InChI=1S/C12H17ClN2O2/c1-12(2,3)15-10-8(11(16)17-4)5-7(14)6-9(10)13/h5-6,15H,14H2,1-4H3. The monoisotopic (exact) mass is 256 g/mol. The molecule has 0 aromatic heterocycles. The molecule has 0 atom stereocenters. The molecule has 5 heteroatoms. The summed E-state index contributed by atoms with van der Waals surface area (Å²) < 4.78 is 4.71. The molecule has 0 spiro atoms. The Morgan fingerprint density at radius 1 is 1.41 bits per heavy atom. The molecule has 4 nitrogen and oxygen atoms in total. The maximum absolute atomic E-state index is 11.6. The molecule has 0 heterocycles. The van der Waals surface area contributed by atoms with Crippen LogP contribution in [0.25, 0.3) is 0 Å². The summed E-state index contributed by atoms with van der Waals surface area (Å²) >= 11 is 6.09. The van der Waals surface area contributed by atoms with Crippen LogP contribution >= 0.6 is 11.6 Å². The van der Waals surface area contributed by atoms with E-state index in [1.54, 1.807) is 12.1 Å². The Labute approximate surface area is 106 Å². The van der Waals surface area contributed by atoms with Crippen molar-refractivity contribution in [2.24, 2.45) is 0 Å². The fourth-order valence-electron chi connectivity index (χ4n) is 1.40. The van der Waals surface area contributed by atoms with Gasteiger partial charge in [0.25, 0.3) is 0 Å². The van der Waals surface area contributed by atoms with Crippen molar-refractivity contribution in [2.75, 3.05) is 18.2 Å². The number of nitrogen functional groups attached to an aromatic ring is 1. The van der Waals surface area contributed by atoms with Crippen LogP contribution in [0, 0.1) is 0 Å². The van der Waals surface area contributed by atoms with Gasteiger partial charge < -0.3 is 15.8 Å². The first-order valence-electron chi connectivity index (χ1n) is 5.20. The van der Waals surface area contributed by atoms with Crippen molar-refractivity contribution < 1.29 is 9.53 Å². The molecule has 0 radical (unpaired) electrons. The zero-order valence-corrected chi connectivity index (χ0v) is 11.2. The SMILES string of the molecule is COC(=O)c1cc(N)cc(Cl)c1NC(C)(C)C. The van der Waals surface area contributed by atoms with E-state index in [1.165, 1.54) is 7.11 Å². The fraction of sp³-hybridized carbons (Fsp3) is 0.417. The van der Waals surface area contributed by atoms with Crippen LogP contribution in [-0.4, -0.2) is 18.6 Å². The van der Waals surface area contributed by atoms with Gasteiger partial charge in [0.1, 0.15) is 0 Å². The van der Waals surface area contributed by atoms with Crippen molar-refractivity contribution in [3.05, 3.63) is 22.7 Å². The third-order valence-corrected chi connectivity index (χ3v) is 2.32. The number of carbonyl (C=O) groups excluding carboxylic acids is 1. The second kappa shape index (κ2) is 4.84. The Hall–Kier alpha value is -1.42. The van der Waals surface area contributed by atoms with Gasteiger partial charge >= 0.3 is 5.97 Å². The first kappa shape index (κ1) is 13.6. The number of rotatable bonds is 2. The molecule has 0 aliphatic heterocycles. The van der Waals surface area contributed by atoms with Gasteiger partial charge in [-0.2, -0.15) is 0 Å². The van der Waals surface area contributed by atoms with Crippen LogP contribution in [0.4, 0.5) is 11.4 Å². The molecule has 0 aliphatic rings. The maximum Gasteiger partial charge on any atom is 0.340 e. The summed E-state index contributed by atoms with van der Waals surface area (Å²) in [5.74, 6) is -0.467. The molecule has 0 amide bonds. The van der Waals surface area contributed by atoms with Crippen molar-refractivity contribution in [2.45, 2.75) is 26.3 Å². The summed E-state index contributed by atoms with van der Waals surface area (Å²) in [6.45, 7) is 5.92. The average Bonchev–Trinajstić information content (AvgIpc) is 2.19. The molecule has 0 fully saturated rings. The molecule has 0 saturated carbocycles. The number of benzene rings is 1. The van der Waals surface area contributed by atoms with Crippen molar-refractivity contribution in [1.82, 2.24) is 0 Å². The summed E-state index contributed by atoms with van der Waals surface area (Å²) in [5.41, 5.74) is 6.75. The lowest BCUT2D eigenvalue weighted by atomic mass is 10.1. The van der Waals surface area contributed by atoms with Crippen molar-refractivity contribution >= 4 is 28.9 Å². The van der Waals surface area contributed by atoms with Gasteiger partial charge in [0.05, 0.1) is 23.4 Å². The summed E-state index contributed by atoms with van der Waals surface area (Å²) in [7, 11) is 1.32. The summed E-state index contributed by atoms with van der Waals surface area (Å²) in [5, 5.41) is 3.58. The number of nitrogens with one attached hydrogen (secondary N) is 1. The quantitative estimate of drug-likeness (QED) is 0.631.